The van der Waals surface area contributed by atoms with Crippen molar-refractivity contribution < 1.29 is 34.4 Å². The van der Waals surface area contributed by atoms with Gasteiger partial charge in [0, 0.05) is 12.1 Å². The Morgan fingerprint density at radius 3 is 2.86 bits per heavy atom. The molecule has 1 aromatic heterocycles. The Labute approximate surface area is 151 Å². The van der Waals surface area contributed by atoms with Gasteiger partial charge in [-0.15, -0.1) is 5.10 Å². The number of fused-ring (bicyclic) bond motifs is 2. The zero-order chi connectivity index (χ0) is 14.2. The normalized spacial score (nSPS) is 23.1. The minimum atomic E-state index is -0.0640. The molecular formula is C15H16N5NaO. The van der Waals surface area contributed by atoms with Crippen molar-refractivity contribution >= 4 is 6.03 Å². The van der Waals surface area contributed by atoms with E-state index in [1.165, 1.54) is 0 Å². The first-order chi connectivity index (χ1) is 10.3. The summed E-state index contributed by atoms with van der Waals surface area (Å²) in [4.78, 5) is 13.7. The van der Waals surface area contributed by atoms with Gasteiger partial charge >= 0.3 is 29.6 Å². The summed E-state index contributed by atoms with van der Waals surface area (Å²) in [5.41, 5.74) is 1.92. The second-order valence-corrected chi connectivity index (χ2v) is 5.64. The molecule has 2 aliphatic rings. The van der Waals surface area contributed by atoms with E-state index in [-0.39, 0.29) is 47.7 Å². The van der Waals surface area contributed by atoms with Gasteiger partial charge in [-0.05, 0) is 25.0 Å². The smallest absolute Gasteiger partial charge is 0.431 e. The maximum atomic E-state index is 11.8. The largest absolute Gasteiger partial charge is 1.00 e. The summed E-state index contributed by atoms with van der Waals surface area (Å²) in [6.45, 7) is 1.46. The average molecular weight is 305 g/mol. The summed E-state index contributed by atoms with van der Waals surface area (Å²) in [6, 6.07) is 10.3. The second-order valence-electron chi connectivity index (χ2n) is 5.64. The number of urea groups is 1. The van der Waals surface area contributed by atoms with E-state index >= 15 is 0 Å². The third-order valence-electron chi connectivity index (χ3n) is 4.23. The molecule has 2 bridgehead atoms. The molecule has 2 fully saturated rings. The van der Waals surface area contributed by atoms with Gasteiger partial charge in [0.2, 0.25) is 0 Å². The van der Waals surface area contributed by atoms with Crippen molar-refractivity contribution in [1.29, 1.82) is 0 Å². The van der Waals surface area contributed by atoms with Crippen LogP contribution < -0.4 is 29.6 Å². The van der Waals surface area contributed by atoms with Crippen LogP contribution in [0.1, 0.15) is 12.8 Å². The van der Waals surface area contributed by atoms with Crippen LogP contribution in [0.4, 0.5) is 4.79 Å². The maximum absolute atomic E-state index is 11.8. The molecule has 3 heterocycles. The number of aromatic nitrogens is 3. The first-order valence-electron chi connectivity index (χ1n) is 7.26. The average Bonchev–Trinajstić information content (AvgIpc) is 3.09. The predicted octanol–water partition coefficient (Wildman–Crippen LogP) is -0.711. The van der Waals surface area contributed by atoms with Gasteiger partial charge in [0.05, 0.1) is 6.20 Å². The van der Waals surface area contributed by atoms with E-state index in [1.54, 1.807) is 0 Å². The van der Waals surface area contributed by atoms with E-state index in [0.717, 1.165) is 30.6 Å². The Kier molecular flexibility index (Phi) is 4.52. The molecule has 7 heteroatoms. The van der Waals surface area contributed by atoms with Crippen LogP contribution in [0.15, 0.2) is 36.5 Å². The summed E-state index contributed by atoms with van der Waals surface area (Å²) in [5.74, 6) is 0. The zero-order valence-corrected chi connectivity index (χ0v) is 14.6. The zero-order valence-electron chi connectivity index (χ0n) is 12.6. The molecule has 0 aliphatic carbocycles. The third-order valence-corrected chi connectivity index (χ3v) is 4.23. The maximum Gasteiger partial charge on any atom is 1.00 e. The van der Waals surface area contributed by atoms with Gasteiger partial charge in [-0.1, -0.05) is 42.0 Å². The van der Waals surface area contributed by atoms with Gasteiger partial charge in [-0.3, -0.25) is 9.48 Å². The van der Waals surface area contributed by atoms with Gasteiger partial charge in [0.1, 0.15) is 5.69 Å². The van der Waals surface area contributed by atoms with Crippen LogP contribution in [0, 0.1) is 0 Å². The number of rotatable bonds is 3. The fourth-order valence-corrected chi connectivity index (χ4v) is 3.11. The molecule has 2 aliphatic heterocycles. The first kappa shape index (κ1) is 15.5. The predicted molar refractivity (Wildman–Crippen MR) is 77.7 cm³/mol. The molecule has 6 nitrogen and oxygen atoms in total. The van der Waals surface area contributed by atoms with Crippen LogP contribution >= 0.6 is 0 Å². The number of benzene rings is 1. The molecule has 2 atom stereocenters. The molecule has 108 valence electrons. The van der Waals surface area contributed by atoms with Gasteiger partial charge in [0.25, 0.3) is 0 Å². The number of hydrogen-bond acceptors (Lipinski definition) is 3. The molecule has 1 aromatic carbocycles. The Balaban J connectivity index is 0.00000144. The Morgan fingerprint density at radius 1 is 1.23 bits per heavy atom. The van der Waals surface area contributed by atoms with Crippen molar-refractivity contribution in [1.82, 2.24) is 19.9 Å². The number of nitrogens with zero attached hydrogens (tertiary/aromatic N) is 5. The molecule has 0 N–H and O–H groups in total. The van der Waals surface area contributed by atoms with Crippen LogP contribution in [0.5, 0.6) is 0 Å². The van der Waals surface area contributed by atoms with Crippen molar-refractivity contribution in [2.24, 2.45) is 0 Å². The molecule has 2 amide bonds. The van der Waals surface area contributed by atoms with Crippen LogP contribution in [-0.4, -0.2) is 44.6 Å². The number of carbonyl (C=O) groups is 1. The molecular weight excluding hydrogens is 289 g/mol. The fraction of sp³-hybridized carbons (Fsp3) is 0.400. The summed E-state index contributed by atoms with van der Waals surface area (Å²) in [5, 5.41) is 12.5. The molecule has 0 saturated carbocycles. The van der Waals surface area contributed by atoms with E-state index < -0.39 is 0 Å². The van der Waals surface area contributed by atoms with Crippen LogP contribution in [0.25, 0.3) is 16.6 Å². The van der Waals surface area contributed by atoms with Crippen molar-refractivity contribution in [2.75, 3.05) is 6.54 Å². The SMILES string of the molecule is O=C1[N-][C@@H]2CC[C@@H](Cn3cc(-c4ccccc4)nn3)N1C2.[Na+]. The molecule has 2 saturated heterocycles. The van der Waals surface area contributed by atoms with Gasteiger partial charge in [-0.2, -0.15) is 0 Å². The van der Waals surface area contributed by atoms with Gasteiger partial charge in [-0.25, -0.2) is 0 Å². The van der Waals surface area contributed by atoms with Crippen molar-refractivity contribution in [3.05, 3.63) is 41.8 Å². The Bertz CT molecular complexity index is 659. The van der Waals surface area contributed by atoms with E-state index in [2.05, 4.69) is 15.6 Å². The van der Waals surface area contributed by atoms with Gasteiger partial charge in [0.15, 0.2) is 6.03 Å². The topological polar surface area (TPSA) is 65.1 Å². The van der Waals surface area contributed by atoms with E-state index in [9.17, 15) is 4.79 Å². The second kappa shape index (κ2) is 6.40. The quantitative estimate of drug-likeness (QED) is 0.704. The first-order valence-corrected chi connectivity index (χ1v) is 7.26. The Hall–Kier alpha value is -1.37. The van der Waals surface area contributed by atoms with Gasteiger partial charge < -0.3 is 10.2 Å². The number of piperidine rings is 1. The minimum Gasteiger partial charge on any atom is -0.431 e. The van der Waals surface area contributed by atoms with Crippen molar-refractivity contribution in [2.45, 2.75) is 31.5 Å². The van der Waals surface area contributed by atoms with Crippen LogP contribution in [0.3, 0.4) is 0 Å². The molecule has 2 aromatic rings. The summed E-state index contributed by atoms with van der Waals surface area (Å²) in [7, 11) is 0. The van der Waals surface area contributed by atoms with Crippen LogP contribution in [0.2, 0.25) is 0 Å². The fourth-order valence-electron chi connectivity index (χ4n) is 3.11. The van der Waals surface area contributed by atoms with E-state index in [1.807, 2.05) is 46.1 Å². The van der Waals surface area contributed by atoms with Crippen molar-refractivity contribution in [3.63, 3.8) is 0 Å². The number of carbonyl (C=O) groups excluding carboxylic acids is 1. The monoisotopic (exact) mass is 305 g/mol. The number of amides is 2. The molecule has 0 radical (unpaired) electrons. The molecule has 0 unspecified atom stereocenters. The van der Waals surface area contributed by atoms with E-state index in [4.69, 9.17) is 0 Å². The molecule has 0 spiro atoms. The molecule has 22 heavy (non-hydrogen) atoms. The summed E-state index contributed by atoms with van der Waals surface area (Å²) >= 11 is 0. The summed E-state index contributed by atoms with van der Waals surface area (Å²) in [6.07, 6.45) is 3.92. The van der Waals surface area contributed by atoms with Crippen molar-refractivity contribution in [3.8, 4) is 11.3 Å². The molecule has 4 rings (SSSR count). The van der Waals surface area contributed by atoms with Crippen LogP contribution in [-0.2, 0) is 6.54 Å². The third kappa shape index (κ3) is 2.91. The van der Waals surface area contributed by atoms with E-state index in [0.29, 0.717) is 6.54 Å². The summed E-state index contributed by atoms with van der Waals surface area (Å²) < 4.78 is 1.83. The minimum absolute atomic E-state index is 0. The standard InChI is InChI=1S/C15H17N5O.Na/c21-15-16-12-6-7-13(20(15)8-12)9-19-10-14(17-18-19)11-4-2-1-3-5-11;/h1-5,10,12-13H,6-9H2,(H,16,21);/q;+1/p-1/t12-,13+;/m1./s1. The number of hydrogen-bond donors (Lipinski definition) is 0. The Morgan fingerprint density at radius 2 is 2.05 bits per heavy atom.